The molecule has 1 saturated carbocycles. The van der Waals surface area contributed by atoms with Crippen molar-refractivity contribution in [3.63, 3.8) is 0 Å². The van der Waals surface area contributed by atoms with Crippen LogP contribution in [0.4, 0.5) is 5.69 Å². The molecule has 1 aliphatic heterocycles. The van der Waals surface area contributed by atoms with Gasteiger partial charge in [-0.1, -0.05) is 44.3 Å². The van der Waals surface area contributed by atoms with Gasteiger partial charge in [0.15, 0.2) is 0 Å². The molecule has 1 aliphatic carbocycles. The van der Waals surface area contributed by atoms with Gasteiger partial charge < -0.3 is 20.7 Å². The molecule has 1 heterocycles. The zero-order valence-electron chi connectivity index (χ0n) is 17.0. The number of anilines is 1. The van der Waals surface area contributed by atoms with E-state index in [2.05, 4.69) is 41.4 Å². The molecule has 1 aromatic carbocycles. The van der Waals surface area contributed by atoms with Crippen LogP contribution in [0.5, 0.6) is 0 Å². The molecule has 2 aliphatic rings. The highest BCUT2D eigenvalue weighted by molar-refractivity contribution is 6.08. The molecule has 0 spiro atoms. The van der Waals surface area contributed by atoms with E-state index < -0.39 is 0 Å². The number of morpholine rings is 1. The van der Waals surface area contributed by atoms with Crippen molar-refractivity contribution < 1.29 is 4.74 Å². The maximum atomic E-state index is 6.75. The molecule has 2 fully saturated rings. The highest BCUT2D eigenvalue weighted by Gasteiger charge is 2.41. The van der Waals surface area contributed by atoms with Crippen LogP contribution >= 0.6 is 0 Å². The number of hydrogen-bond donors (Lipinski definition) is 2. The molecule has 3 N–H and O–H groups in total. The lowest BCUT2D eigenvalue weighted by Crippen LogP contribution is -2.56. The SMILES string of the molecule is [B]CCCCC(N)(CC)C1CC(NCc2ccccc2N2CCOCC2)C1. The van der Waals surface area contributed by atoms with Crippen LogP contribution in [0.25, 0.3) is 0 Å². The van der Waals surface area contributed by atoms with Gasteiger partial charge >= 0.3 is 0 Å². The summed E-state index contributed by atoms with van der Waals surface area (Å²) in [6.07, 6.45) is 7.59. The molecule has 1 saturated heterocycles. The largest absolute Gasteiger partial charge is 0.378 e. The third-order valence-corrected chi connectivity index (χ3v) is 6.63. The zero-order valence-corrected chi connectivity index (χ0v) is 17.0. The van der Waals surface area contributed by atoms with Gasteiger partial charge in [0, 0.05) is 36.9 Å². The molecule has 0 bridgehead atoms. The van der Waals surface area contributed by atoms with Crippen molar-refractivity contribution in [2.75, 3.05) is 31.2 Å². The Balaban J connectivity index is 1.48. The minimum Gasteiger partial charge on any atom is -0.378 e. The lowest BCUT2D eigenvalue weighted by atomic mass is 9.65. The topological polar surface area (TPSA) is 50.5 Å². The molecular formula is C22H36BN3O. The maximum Gasteiger partial charge on any atom is 0.0653 e. The van der Waals surface area contributed by atoms with Gasteiger partial charge in [-0.05, 0) is 43.2 Å². The van der Waals surface area contributed by atoms with Gasteiger partial charge in [-0.3, -0.25) is 0 Å². The third kappa shape index (κ3) is 5.27. The van der Waals surface area contributed by atoms with E-state index in [0.717, 1.165) is 64.9 Å². The molecule has 2 radical (unpaired) electrons. The van der Waals surface area contributed by atoms with E-state index >= 15 is 0 Å². The smallest absolute Gasteiger partial charge is 0.0653 e. The summed E-state index contributed by atoms with van der Waals surface area (Å²) in [6, 6.07) is 9.37. The molecule has 27 heavy (non-hydrogen) atoms. The fraction of sp³-hybridized carbons (Fsp3) is 0.727. The second-order valence-corrected chi connectivity index (χ2v) is 8.31. The molecule has 0 aromatic heterocycles. The van der Waals surface area contributed by atoms with E-state index in [0.29, 0.717) is 12.0 Å². The predicted octanol–water partition coefficient (Wildman–Crippen LogP) is 3.26. The monoisotopic (exact) mass is 369 g/mol. The Morgan fingerprint density at radius 3 is 2.67 bits per heavy atom. The maximum absolute atomic E-state index is 6.75. The van der Waals surface area contributed by atoms with Crippen LogP contribution in [-0.4, -0.2) is 45.7 Å². The number of nitrogens with zero attached hydrogens (tertiary/aromatic N) is 1. The van der Waals surface area contributed by atoms with Crippen LogP contribution in [0.1, 0.15) is 51.0 Å². The Kier molecular flexibility index (Phi) is 7.62. The van der Waals surface area contributed by atoms with E-state index in [4.69, 9.17) is 18.3 Å². The minimum atomic E-state index is -0.000934. The van der Waals surface area contributed by atoms with Crippen LogP contribution in [0.3, 0.4) is 0 Å². The second-order valence-electron chi connectivity index (χ2n) is 8.31. The van der Waals surface area contributed by atoms with Crippen molar-refractivity contribution in [3.8, 4) is 0 Å². The molecule has 3 rings (SSSR count). The summed E-state index contributed by atoms with van der Waals surface area (Å²) in [5, 5.41) is 3.77. The van der Waals surface area contributed by atoms with E-state index in [1.54, 1.807) is 0 Å². The Labute approximate surface area is 166 Å². The van der Waals surface area contributed by atoms with Crippen LogP contribution < -0.4 is 16.0 Å². The number of para-hydroxylation sites is 1. The molecule has 4 nitrogen and oxygen atoms in total. The van der Waals surface area contributed by atoms with Gasteiger partial charge in [0.1, 0.15) is 0 Å². The molecule has 1 unspecified atom stereocenters. The Bertz CT molecular complexity index is 572. The second kappa shape index (κ2) is 9.95. The lowest BCUT2D eigenvalue weighted by Gasteiger charge is -2.47. The van der Waals surface area contributed by atoms with Crippen molar-refractivity contribution in [1.29, 1.82) is 0 Å². The molecule has 1 aromatic rings. The van der Waals surface area contributed by atoms with E-state index in [9.17, 15) is 0 Å². The highest BCUT2D eigenvalue weighted by Crippen LogP contribution is 2.40. The number of ether oxygens (including phenoxy) is 1. The van der Waals surface area contributed by atoms with E-state index in [1.165, 1.54) is 24.1 Å². The number of benzene rings is 1. The summed E-state index contributed by atoms with van der Waals surface area (Å²) in [7, 11) is 5.64. The van der Waals surface area contributed by atoms with Crippen molar-refractivity contribution in [1.82, 2.24) is 5.32 Å². The fourth-order valence-electron chi connectivity index (χ4n) is 4.55. The number of unbranched alkanes of at least 4 members (excludes halogenated alkanes) is 1. The molecular weight excluding hydrogens is 333 g/mol. The summed E-state index contributed by atoms with van der Waals surface area (Å²) in [6.45, 7) is 6.79. The van der Waals surface area contributed by atoms with E-state index in [1.807, 2.05) is 0 Å². The minimum absolute atomic E-state index is 0.000934. The van der Waals surface area contributed by atoms with Crippen LogP contribution in [0.15, 0.2) is 24.3 Å². The average molecular weight is 369 g/mol. The summed E-state index contributed by atoms with van der Waals surface area (Å²) in [5.41, 5.74) is 9.49. The van der Waals surface area contributed by atoms with Crippen LogP contribution in [0.2, 0.25) is 6.32 Å². The first-order valence-corrected chi connectivity index (χ1v) is 10.8. The van der Waals surface area contributed by atoms with Crippen molar-refractivity contribution >= 4 is 13.5 Å². The fourth-order valence-corrected chi connectivity index (χ4v) is 4.55. The average Bonchev–Trinajstić information content (AvgIpc) is 2.68. The van der Waals surface area contributed by atoms with Crippen molar-refractivity contribution in [3.05, 3.63) is 29.8 Å². The van der Waals surface area contributed by atoms with Crippen LogP contribution in [0, 0.1) is 5.92 Å². The van der Waals surface area contributed by atoms with Crippen molar-refractivity contribution in [2.45, 2.75) is 69.9 Å². The summed E-state index contributed by atoms with van der Waals surface area (Å²) >= 11 is 0. The third-order valence-electron chi connectivity index (χ3n) is 6.63. The number of hydrogen-bond acceptors (Lipinski definition) is 4. The summed E-state index contributed by atoms with van der Waals surface area (Å²) in [4.78, 5) is 2.45. The predicted molar refractivity (Wildman–Crippen MR) is 114 cm³/mol. The van der Waals surface area contributed by atoms with Gasteiger partial charge in [-0.25, -0.2) is 0 Å². The highest BCUT2D eigenvalue weighted by atomic mass is 16.5. The Hall–Kier alpha value is -1.04. The quantitative estimate of drug-likeness (QED) is 0.491. The summed E-state index contributed by atoms with van der Waals surface area (Å²) < 4.78 is 5.50. The molecule has 0 amide bonds. The van der Waals surface area contributed by atoms with E-state index in [-0.39, 0.29) is 5.54 Å². The van der Waals surface area contributed by atoms with Gasteiger partial charge in [-0.2, -0.15) is 0 Å². The first-order chi connectivity index (χ1) is 13.2. The number of rotatable bonds is 10. The van der Waals surface area contributed by atoms with Gasteiger partial charge in [0.05, 0.1) is 21.1 Å². The van der Waals surface area contributed by atoms with Gasteiger partial charge in [0.25, 0.3) is 0 Å². The molecule has 148 valence electrons. The number of nitrogens with two attached hydrogens (primary N) is 1. The first kappa shape index (κ1) is 20.7. The summed E-state index contributed by atoms with van der Waals surface area (Å²) in [5.74, 6) is 0.646. The Morgan fingerprint density at radius 2 is 1.96 bits per heavy atom. The first-order valence-electron chi connectivity index (χ1n) is 10.8. The van der Waals surface area contributed by atoms with Crippen LogP contribution in [-0.2, 0) is 11.3 Å². The Morgan fingerprint density at radius 1 is 1.22 bits per heavy atom. The number of nitrogens with one attached hydrogen (secondary N) is 1. The van der Waals surface area contributed by atoms with Gasteiger partial charge in [0.2, 0.25) is 0 Å². The normalized spacial score (nSPS) is 25.0. The molecule has 1 atom stereocenters. The standard InChI is InChI=1S/C22H36BN3O/c1-2-22(24,9-5-6-10-23)19-15-20(16-19)25-17-18-7-3-4-8-21(18)26-11-13-27-14-12-26/h3-4,7-8,19-20,25H,2,5-6,9-17,24H2,1H3. The zero-order chi connectivity index (χ0) is 19.1. The lowest BCUT2D eigenvalue weighted by molar-refractivity contribution is 0.107. The van der Waals surface area contributed by atoms with Gasteiger partial charge in [-0.15, -0.1) is 0 Å². The van der Waals surface area contributed by atoms with Crippen molar-refractivity contribution in [2.24, 2.45) is 11.7 Å². The molecule has 5 heteroatoms.